The number of hydrogen-bond donors (Lipinski definition) is 1. The van der Waals surface area contributed by atoms with Crippen molar-refractivity contribution < 1.29 is 13.2 Å². The van der Waals surface area contributed by atoms with Crippen molar-refractivity contribution in [2.75, 3.05) is 18.1 Å². The van der Waals surface area contributed by atoms with Crippen molar-refractivity contribution in [3.05, 3.63) is 35.4 Å². The maximum atomic E-state index is 12.3. The van der Waals surface area contributed by atoms with Gasteiger partial charge in [0, 0.05) is 24.6 Å². The maximum Gasteiger partial charge on any atom is 0.164 e. The Balaban J connectivity index is 2.04. The molecule has 1 aromatic carbocycles. The van der Waals surface area contributed by atoms with Crippen molar-refractivity contribution in [1.29, 1.82) is 0 Å². The second-order valence-corrected chi connectivity index (χ2v) is 8.95. The molecule has 0 saturated carbocycles. The number of rotatable bonds is 3. The first kappa shape index (κ1) is 16.2. The Hall–Kier alpha value is -1.20. The fraction of sp³-hybridized carbons (Fsp3) is 0.562. The molecule has 1 aliphatic heterocycles. The highest BCUT2D eigenvalue weighted by Gasteiger charge is 2.26. The van der Waals surface area contributed by atoms with E-state index in [1.54, 1.807) is 0 Å². The number of nitrogens with one attached hydrogen (secondary N) is 1. The molecule has 1 aliphatic rings. The van der Waals surface area contributed by atoms with Gasteiger partial charge in [0.25, 0.3) is 0 Å². The first-order chi connectivity index (χ1) is 9.67. The Bertz CT molecular complexity index is 612. The number of hydrogen-bond acceptors (Lipinski definition) is 4. The van der Waals surface area contributed by atoms with E-state index < -0.39 is 9.84 Å². The molecule has 0 bridgehead atoms. The molecule has 0 amide bonds. The van der Waals surface area contributed by atoms with Gasteiger partial charge in [-0.15, -0.1) is 0 Å². The number of carbonyl (C=O) groups is 1. The lowest BCUT2D eigenvalue weighted by Crippen LogP contribution is -2.45. The quantitative estimate of drug-likeness (QED) is 0.867. The summed E-state index contributed by atoms with van der Waals surface area (Å²) in [5.41, 5.74) is 1.88. The van der Waals surface area contributed by atoms with Gasteiger partial charge >= 0.3 is 0 Å². The standard InChI is InChI=1S/C16H23NO3S/c1-16(2,3)13-6-4-12(5-7-13)15(18)10-14-11-21(19,20)9-8-17-14/h4-7,14,17H,8-11H2,1-3H3. The van der Waals surface area contributed by atoms with E-state index in [4.69, 9.17) is 0 Å². The van der Waals surface area contributed by atoms with E-state index in [0.29, 0.717) is 12.1 Å². The van der Waals surface area contributed by atoms with Crippen LogP contribution >= 0.6 is 0 Å². The molecule has 1 fully saturated rings. The highest BCUT2D eigenvalue weighted by molar-refractivity contribution is 7.91. The SMILES string of the molecule is CC(C)(C)c1ccc(C(=O)CC2CS(=O)(=O)CCN2)cc1. The molecule has 0 radical (unpaired) electrons. The first-order valence-electron chi connectivity index (χ1n) is 7.25. The monoisotopic (exact) mass is 309 g/mol. The molecule has 1 aromatic rings. The van der Waals surface area contributed by atoms with E-state index in [1.807, 2.05) is 24.3 Å². The Morgan fingerprint density at radius 1 is 1.24 bits per heavy atom. The Kier molecular flexibility index (Phi) is 4.54. The van der Waals surface area contributed by atoms with Gasteiger partial charge in [0.15, 0.2) is 15.6 Å². The van der Waals surface area contributed by atoms with Crippen molar-refractivity contribution in [3.8, 4) is 0 Å². The van der Waals surface area contributed by atoms with Crippen molar-refractivity contribution in [1.82, 2.24) is 5.32 Å². The molecule has 0 spiro atoms. The van der Waals surface area contributed by atoms with Crippen LogP contribution in [0.25, 0.3) is 0 Å². The molecule has 1 atom stereocenters. The van der Waals surface area contributed by atoms with Crippen LogP contribution in [0.2, 0.25) is 0 Å². The van der Waals surface area contributed by atoms with Gasteiger partial charge in [0.2, 0.25) is 0 Å². The number of Topliss-reactive ketones (excluding diaryl/α,β-unsaturated/α-hetero) is 1. The molecule has 21 heavy (non-hydrogen) atoms. The molecular weight excluding hydrogens is 286 g/mol. The lowest BCUT2D eigenvalue weighted by Gasteiger charge is -2.23. The van der Waals surface area contributed by atoms with Gasteiger partial charge in [-0.25, -0.2) is 8.42 Å². The third-order valence-corrected chi connectivity index (χ3v) is 5.54. The number of sulfone groups is 1. The summed E-state index contributed by atoms with van der Waals surface area (Å²) in [5.74, 6) is 0.210. The normalized spacial score (nSPS) is 22.0. The van der Waals surface area contributed by atoms with E-state index in [1.165, 1.54) is 5.56 Å². The van der Waals surface area contributed by atoms with Gasteiger partial charge in [-0.1, -0.05) is 45.0 Å². The van der Waals surface area contributed by atoms with Crippen LogP contribution in [0.4, 0.5) is 0 Å². The Morgan fingerprint density at radius 3 is 2.38 bits per heavy atom. The zero-order chi connectivity index (χ0) is 15.7. The van der Waals surface area contributed by atoms with Gasteiger partial charge in [0.05, 0.1) is 11.5 Å². The lowest BCUT2D eigenvalue weighted by molar-refractivity contribution is 0.0971. The topological polar surface area (TPSA) is 63.2 Å². The average Bonchev–Trinajstić information content (AvgIpc) is 2.36. The summed E-state index contributed by atoms with van der Waals surface area (Å²) in [6, 6.07) is 7.34. The minimum atomic E-state index is -3.00. The third kappa shape index (κ3) is 4.38. The second kappa shape index (κ2) is 5.89. The summed E-state index contributed by atoms with van der Waals surface area (Å²) in [6.45, 7) is 6.81. The zero-order valence-corrected chi connectivity index (χ0v) is 13.7. The van der Waals surface area contributed by atoms with E-state index >= 15 is 0 Å². The van der Waals surface area contributed by atoms with Crippen LogP contribution in [0.15, 0.2) is 24.3 Å². The van der Waals surface area contributed by atoms with E-state index in [-0.39, 0.29) is 35.2 Å². The molecule has 0 aromatic heterocycles. The van der Waals surface area contributed by atoms with Crippen molar-refractivity contribution in [2.45, 2.75) is 38.6 Å². The molecule has 0 aliphatic carbocycles. The molecule has 1 unspecified atom stereocenters. The van der Waals surface area contributed by atoms with Crippen molar-refractivity contribution in [2.24, 2.45) is 0 Å². The predicted molar refractivity (Wildman–Crippen MR) is 84.5 cm³/mol. The van der Waals surface area contributed by atoms with Gasteiger partial charge in [-0.3, -0.25) is 4.79 Å². The number of benzene rings is 1. The molecule has 1 N–H and O–H groups in total. The van der Waals surface area contributed by atoms with Gasteiger partial charge < -0.3 is 5.32 Å². The van der Waals surface area contributed by atoms with Crippen LogP contribution < -0.4 is 5.32 Å². The highest BCUT2D eigenvalue weighted by Crippen LogP contribution is 2.22. The number of carbonyl (C=O) groups excluding carboxylic acids is 1. The third-order valence-electron chi connectivity index (χ3n) is 3.81. The van der Waals surface area contributed by atoms with Crippen LogP contribution in [-0.4, -0.2) is 38.3 Å². The summed E-state index contributed by atoms with van der Waals surface area (Å²) >= 11 is 0. The fourth-order valence-corrected chi connectivity index (χ4v) is 3.94. The lowest BCUT2D eigenvalue weighted by atomic mass is 9.86. The van der Waals surface area contributed by atoms with Gasteiger partial charge in [-0.2, -0.15) is 0 Å². The fourth-order valence-electron chi connectivity index (χ4n) is 2.50. The van der Waals surface area contributed by atoms with E-state index in [0.717, 1.165) is 0 Å². The zero-order valence-electron chi connectivity index (χ0n) is 12.8. The Morgan fingerprint density at radius 2 is 1.86 bits per heavy atom. The molecule has 4 nitrogen and oxygen atoms in total. The molecule has 1 saturated heterocycles. The smallest absolute Gasteiger partial charge is 0.164 e. The highest BCUT2D eigenvalue weighted by atomic mass is 32.2. The summed E-state index contributed by atoms with van der Waals surface area (Å²) in [4.78, 5) is 12.3. The molecule has 5 heteroatoms. The molecule has 116 valence electrons. The maximum absolute atomic E-state index is 12.3. The van der Waals surface area contributed by atoms with Crippen LogP contribution in [0.3, 0.4) is 0 Å². The van der Waals surface area contributed by atoms with Crippen LogP contribution in [0, 0.1) is 0 Å². The first-order valence-corrected chi connectivity index (χ1v) is 9.07. The summed E-state index contributed by atoms with van der Waals surface area (Å²) < 4.78 is 23.2. The van der Waals surface area contributed by atoms with E-state index in [2.05, 4.69) is 26.1 Å². The summed E-state index contributed by atoms with van der Waals surface area (Å²) in [7, 11) is -3.00. The van der Waals surface area contributed by atoms with Crippen molar-refractivity contribution >= 4 is 15.6 Å². The minimum Gasteiger partial charge on any atom is -0.312 e. The molecule has 2 rings (SSSR count). The summed E-state index contributed by atoms with van der Waals surface area (Å²) in [5, 5.41) is 3.11. The average molecular weight is 309 g/mol. The van der Waals surface area contributed by atoms with Gasteiger partial charge in [0.1, 0.15) is 0 Å². The van der Waals surface area contributed by atoms with Crippen LogP contribution in [0.5, 0.6) is 0 Å². The van der Waals surface area contributed by atoms with Gasteiger partial charge in [-0.05, 0) is 11.0 Å². The number of ketones is 1. The minimum absolute atomic E-state index is 0.00920. The molecular formula is C16H23NO3S. The summed E-state index contributed by atoms with van der Waals surface area (Å²) in [6.07, 6.45) is 0.230. The van der Waals surface area contributed by atoms with Crippen molar-refractivity contribution in [3.63, 3.8) is 0 Å². The largest absolute Gasteiger partial charge is 0.312 e. The molecule has 1 heterocycles. The predicted octanol–water partition coefficient (Wildman–Crippen LogP) is 1.94. The second-order valence-electron chi connectivity index (χ2n) is 6.72. The van der Waals surface area contributed by atoms with E-state index in [9.17, 15) is 13.2 Å². The Labute approximate surface area is 126 Å². The van der Waals surface area contributed by atoms with Crippen LogP contribution in [-0.2, 0) is 15.3 Å². The van der Waals surface area contributed by atoms with Crippen LogP contribution in [0.1, 0.15) is 43.1 Å².